The first-order valence-electron chi connectivity index (χ1n) is 8.71. The molecule has 0 fully saturated rings. The number of hydrogen-bond acceptors (Lipinski definition) is 5. The van der Waals surface area contributed by atoms with Gasteiger partial charge in [-0.05, 0) is 24.0 Å². The number of benzene rings is 2. The average Bonchev–Trinajstić information content (AvgIpc) is 3.21. The van der Waals surface area contributed by atoms with Gasteiger partial charge in [-0.25, -0.2) is 9.78 Å². The van der Waals surface area contributed by atoms with E-state index in [2.05, 4.69) is 48.4 Å². The summed E-state index contributed by atoms with van der Waals surface area (Å²) in [5, 5.41) is 5.97. The third-order valence-corrected chi connectivity index (χ3v) is 5.11. The quantitative estimate of drug-likeness (QED) is 0.625. The highest BCUT2D eigenvalue weighted by Crippen LogP contribution is 2.33. The van der Waals surface area contributed by atoms with E-state index < -0.39 is 6.23 Å². The zero-order valence-corrected chi connectivity index (χ0v) is 15.5. The summed E-state index contributed by atoms with van der Waals surface area (Å²) in [6.45, 7) is 4.44. The van der Waals surface area contributed by atoms with Crippen molar-refractivity contribution in [3.05, 3.63) is 70.6 Å². The van der Waals surface area contributed by atoms with Crippen molar-refractivity contribution in [2.45, 2.75) is 26.5 Å². The number of carbonyl (C=O) groups is 1. The van der Waals surface area contributed by atoms with Gasteiger partial charge in [0.15, 0.2) is 5.13 Å². The minimum absolute atomic E-state index is 0.296. The summed E-state index contributed by atoms with van der Waals surface area (Å²) in [5.41, 5.74) is 4.82. The smallest absolute Gasteiger partial charge is 0.340 e. The second-order valence-corrected chi connectivity index (χ2v) is 7.71. The minimum Gasteiger partial charge on any atom is -0.434 e. The molecule has 0 unspecified atom stereocenters. The van der Waals surface area contributed by atoms with E-state index in [1.807, 2.05) is 23.6 Å². The first kappa shape index (κ1) is 16.8. The standard InChI is InChI=1S/C21H20N2O2S/c1-13(2)11-14-7-9-15(10-8-14)18-12-26-21(22-18)23-19-16-5-3-4-6-17(16)20(24)25-19/h3-10,12-13,19H,11H2,1-2H3,(H,22,23)/t19-/m0/s1. The van der Waals surface area contributed by atoms with E-state index in [9.17, 15) is 4.79 Å². The molecule has 0 bridgehead atoms. The Hall–Kier alpha value is -2.66. The summed E-state index contributed by atoms with van der Waals surface area (Å²) in [5.74, 6) is 0.351. The fraction of sp³-hybridized carbons (Fsp3) is 0.238. The van der Waals surface area contributed by atoms with Gasteiger partial charge >= 0.3 is 5.97 Å². The summed E-state index contributed by atoms with van der Waals surface area (Å²) in [7, 11) is 0. The molecule has 0 amide bonds. The van der Waals surface area contributed by atoms with E-state index in [4.69, 9.17) is 4.74 Å². The molecule has 1 atom stereocenters. The maximum atomic E-state index is 11.9. The second kappa shape index (κ2) is 6.92. The van der Waals surface area contributed by atoms with Crippen molar-refractivity contribution in [3.63, 3.8) is 0 Å². The number of thiazole rings is 1. The maximum absolute atomic E-state index is 11.9. The molecule has 4 nitrogen and oxygen atoms in total. The lowest BCUT2D eigenvalue weighted by atomic mass is 10.0. The molecule has 0 saturated carbocycles. The van der Waals surface area contributed by atoms with Crippen molar-refractivity contribution in [2.24, 2.45) is 5.92 Å². The van der Waals surface area contributed by atoms with Crippen LogP contribution < -0.4 is 5.32 Å². The summed E-state index contributed by atoms with van der Waals surface area (Å²) in [4.78, 5) is 16.6. The molecule has 1 aliphatic rings. The largest absolute Gasteiger partial charge is 0.434 e. The van der Waals surface area contributed by atoms with Gasteiger partial charge in [0.1, 0.15) is 0 Å². The van der Waals surface area contributed by atoms with Crippen LogP contribution in [0.4, 0.5) is 5.13 Å². The monoisotopic (exact) mass is 364 g/mol. The Balaban J connectivity index is 1.50. The normalized spacial score (nSPS) is 15.8. The zero-order chi connectivity index (χ0) is 18.1. The molecule has 0 aliphatic carbocycles. The fourth-order valence-electron chi connectivity index (χ4n) is 3.12. The molecule has 3 aromatic rings. The predicted molar refractivity (Wildman–Crippen MR) is 104 cm³/mol. The number of hydrogen-bond donors (Lipinski definition) is 1. The fourth-order valence-corrected chi connectivity index (χ4v) is 3.86. The van der Waals surface area contributed by atoms with Crippen LogP contribution in [0.2, 0.25) is 0 Å². The van der Waals surface area contributed by atoms with Crippen LogP contribution in [-0.2, 0) is 11.2 Å². The number of cyclic esters (lactones) is 1. The molecule has 26 heavy (non-hydrogen) atoms. The number of nitrogens with one attached hydrogen (secondary N) is 1. The number of aromatic nitrogens is 1. The number of anilines is 1. The SMILES string of the molecule is CC(C)Cc1ccc(-c2csc(N[C@H]3OC(=O)c4ccccc43)n2)cc1. The molecule has 1 aliphatic heterocycles. The van der Waals surface area contributed by atoms with Crippen LogP contribution >= 0.6 is 11.3 Å². The third kappa shape index (κ3) is 3.35. The van der Waals surface area contributed by atoms with E-state index in [1.54, 1.807) is 6.07 Å². The van der Waals surface area contributed by atoms with Gasteiger partial charge in [-0.2, -0.15) is 0 Å². The van der Waals surface area contributed by atoms with E-state index in [-0.39, 0.29) is 5.97 Å². The first-order valence-corrected chi connectivity index (χ1v) is 9.59. The van der Waals surface area contributed by atoms with Gasteiger partial charge < -0.3 is 10.1 Å². The Kier molecular flexibility index (Phi) is 4.47. The number of nitrogens with zero attached hydrogens (tertiary/aromatic N) is 1. The Labute approximate surface area is 156 Å². The van der Waals surface area contributed by atoms with Gasteiger partial charge in [0, 0.05) is 16.5 Å². The molecule has 132 valence electrons. The Bertz CT molecular complexity index is 931. The molecule has 2 heterocycles. The highest BCUT2D eigenvalue weighted by molar-refractivity contribution is 7.14. The van der Waals surface area contributed by atoms with Gasteiger partial charge in [-0.1, -0.05) is 56.3 Å². The molecular weight excluding hydrogens is 344 g/mol. The number of fused-ring (bicyclic) bond motifs is 1. The van der Waals surface area contributed by atoms with Crippen LogP contribution in [0.3, 0.4) is 0 Å². The molecule has 2 aromatic carbocycles. The molecule has 1 aromatic heterocycles. The molecule has 1 N–H and O–H groups in total. The molecule has 5 heteroatoms. The van der Waals surface area contributed by atoms with E-state index in [0.717, 1.165) is 28.4 Å². The van der Waals surface area contributed by atoms with Gasteiger partial charge in [-0.15, -0.1) is 11.3 Å². The molecule has 0 spiro atoms. The van der Waals surface area contributed by atoms with Crippen LogP contribution in [0.25, 0.3) is 11.3 Å². The number of ether oxygens (including phenoxy) is 1. The number of rotatable bonds is 5. The van der Waals surface area contributed by atoms with E-state index in [1.165, 1.54) is 16.9 Å². The lowest BCUT2D eigenvalue weighted by molar-refractivity contribution is 0.0437. The Morgan fingerprint density at radius 1 is 1.15 bits per heavy atom. The van der Waals surface area contributed by atoms with Gasteiger partial charge in [0.25, 0.3) is 0 Å². The molecule has 0 radical (unpaired) electrons. The highest BCUT2D eigenvalue weighted by Gasteiger charge is 2.30. The topological polar surface area (TPSA) is 51.2 Å². The Morgan fingerprint density at radius 3 is 2.69 bits per heavy atom. The summed E-state index contributed by atoms with van der Waals surface area (Å²) >= 11 is 1.51. The second-order valence-electron chi connectivity index (χ2n) is 6.85. The number of carbonyl (C=O) groups excluding carboxylic acids is 1. The third-order valence-electron chi connectivity index (χ3n) is 4.34. The van der Waals surface area contributed by atoms with E-state index >= 15 is 0 Å². The minimum atomic E-state index is -0.480. The Morgan fingerprint density at radius 2 is 1.92 bits per heavy atom. The van der Waals surface area contributed by atoms with Crippen LogP contribution in [0.5, 0.6) is 0 Å². The maximum Gasteiger partial charge on any atom is 0.340 e. The predicted octanol–water partition coefficient (Wildman–Crippen LogP) is 5.29. The molecule has 0 saturated heterocycles. The zero-order valence-electron chi connectivity index (χ0n) is 14.7. The van der Waals surface area contributed by atoms with Crippen molar-refractivity contribution >= 4 is 22.4 Å². The van der Waals surface area contributed by atoms with Crippen LogP contribution in [-0.4, -0.2) is 11.0 Å². The van der Waals surface area contributed by atoms with Crippen LogP contribution in [0, 0.1) is 5.92 Å². The summed E-state index contributed by atoms with van der Waals surface area (Å²) in [6, 6.07) is 16.0. The lowest BCUT2D eigenvalue weighted by Gasteiger charge is -2.11. The van der Waals surface area contributed by atoms with Crippen LogP contribution in [0.1, 0.15) is 41.6 Å². The summed E-state index contributed by atoms with van der Waals surface area (Å²) in [6.07, 6.45) is 0.600. The van der Waals surface area contributed by atoms with Gasteiger partial charge in [-0.3, -0.25) is 0 Å². The first-order chi connectivity index (χ1) is 12.6. The van der Waals surface area contributed by atoms with Crippen molar-refractivity contribution in [1.82, 2.24) is 4.98 Å². The van der Waals surface area contributed by atoms with Crippen LogP contribution in [0.15, 0.2) is 53.9 Å². The van der Waals surface area contributed by atoms with Crippen molar-refractivity contribution in [2.75, 3.05) is 5.32 Å². The number of esters is 1. The van der Waals surface area contributed by atoms with Gasteiger partial charge in [0.05, 0.1) is 11.3 Å². The molecule has 4 rings (SSSR count). The van der Waals surface area contributed by atoms with E-state index in [0.29, 0.717) is 11.5 Å². The lowest BCUT2D eigenvalue weighted by Crippen LogP contribution is -2.09. The average molecular weight is 364 g/mol. The van der Waals surface area contributed by atoms with Gasteiger partial charge in [0.2, 0.25) is 6.23 Å². The van der Waals surface area contributed by atoms with Crippen molar-refractivity contribution in [1.29, 1.82) is 0 Å². The van der Waals surface area contributed by atoms with Crippen molar-refractivity contribution < 1.29 is 9.53 Å². The van der Waals surface area contributed by atoms with Crippen molar-refractivity contribution in [3.8, 4) is 11.3 Å². The molecular formula is C21H20N2O2S. The summed E-state index contributed by atoms with van der Waals surface area (Å²) < 4.78 is 5.42. The highest BCUT2D eigenvalue weighted by atomic mass is 32.1.